The second kappa shape index (κ2) is 14.5. The summed E-state index contributed by atoms with van der Waals surface area (Å²) in [6, 6.07) is 10.2. The van der Waals surface area contributed by atoms with Gasteiger partial charge in [0, 0.05) is 58.2 Å². The van der Waals surface area contributed by atoms with Gasteiger partial charge in [-0.3, -0.25) is 9.36 Å². The summed E-state index contributed by atoms with van der Waals surface area (Å²) in [6.45, 7) is 0. The van der Waals surface area contributed by atoms with Crippen molar-refractivity contribution in [1.29, 1.82) is 0 Å². The molecule has 1 radical (unpaired) electrons. The van der Waals surface area contributed by atoms with Crippen molar-refractivity contribution in [3.05, 3.63) is 53.1 Å². The Labute approximate surface area is 220 Å². The fourth-order valence-electron chi connectivity index (χ4n) is 3.24. The summed E-state index contributed by atoms with van der Waals surface area (Å²) in [6.07, 6.45) is 3.63. The molecule has 33 heavy (non-hydrogen) atoms. The molecule has 0 bridgehead atoms. The second-order valence-corrected chi connectivity index (χ2v) is 7.81. The molecule has 0 amide bonds. The molecule has 177 valence electrons. The number of methoxy groups -OCH3 is 4. The van der Waals surface area contributed by atoms with E-state index in [1.807, 2.05) is 18.2 Å². The van der Waals surface area contributed by atoms with E-state index in [1.165, 1.54) is 35.5 Å². The first-order chi connectivity index (χ1) is 15.4. The van der Waals surface area contributed by atoms with Crippen molar-refractivity contribution in [1.82, 2.24) is 0 Å². The van der Waals surface area contributed by atoms with Crippen LogP contribution < -0.4 is 18.9 Å². The van der Waals surface area contributed by atoms with E-state index >= 15 is 0 Å². The Morgan fingerprint density at radius 3 is 1.97 bits per heavy atom. The van der Waals surface area contributed by atoms with E-state index in [1.54, 1.807) is 19.2 Å². The Bertz CT molecular complexity index is 975. The molecule has 1 aliphatic rings. The maximum atomic E-state index is 13.2. The molecule has 1 aliphatic carbocycles. The van der Waals surface area contributed by atoms with Crippen LogP contribution in [0.2, 0.25) is 0 Å². The van der Waals surface area contributed by atoms with Crippen molar-refractivity contribution in [3.8, 4) is 23.0 Å². The number of benzene rings is 2. The maximum Gasteiger partial charge on any atom is 0.318 e. The fraction of sp³-hybridized carbons (Fsp3) is 0.348. The largest absolute Gasteiger partial charge is 0.523 e. The average molecular weight is 552 g/mol. The molecule has 0 spiro atoms. The summed E-state index contributed by atoms with van der Waals surface area (Å²) in [5, 5.41) is 0. The molecule has 3 rings (SSSR count). The summed E-state index contributed by atoms with van der Waals surface area (Å²) in [7, 11) is 6.76. The third kappa shape index (κ3) is 7.39. The van der Waals surface area contributed by atoms with Crippen LogP contribution in [0.5, 0.6) is 23.0 Å². The van der Waals surface area contributed by atoms with Crippen LogP contribution in [-0.2, 0) is 52.7 Å². The molecule has 8 nitrogen and oxygen atoms in total. The zero-order valence-corrected chi connectivity index (χ0v) is 23.5. The topological polar surface area (TPSA) is 89.5 Å². The number of ketones is 1. The average Bonchev–Trinajstić information content (AvgIpc) is 2.86. The Hall–Kier alpha value is -1.70. The van der Waals surface area contributed by atoms with Gasteiger partial charge >= 0.3 is 8.25 Å². The molecular formula is C23H28O8PY-. The zero-order valence-electron chi connectivity index (χ0n) is 19.6. The number of hydrogen-bond acceptors (Lipinski definition) is 8. The molecule has 0 aromatic heterocycles. The number of ether oxygens (including phenoxy) is 4. The number of aryl methyl sites for hydroxylation is 1. The molecule has 0 saturated heterocycles. The number of rotatable bonds is 8. The van der Waals surface area contributed by atoms with Crippen molar-refractivity contribution < 1.29 is 70.1 Å². The molecule has 0 atom stereocenters. The minimum atomic E-state index is -2.12. The number of carbonyl (C=O) groups excluding carboxylic acids is 1. The van der Waals surface area contributed by atoms with Gasteiger partial charge in [-0.15, -0.1) is 23.3 Å². The summed E-state index contributed by atoms with van der Waals surface area (Å²) in [5.41, 5.74) is 3.10. The molecule has 2 aromatic carbocycles. The Balaban J connectivity index is 0.000000691. The van der Waals surface area contributed by atoms with Crippen LogP contribution in [-0.4, -0.2) is 48.4 Å². The molecule has 0 N–H and O–H groups in total. The van der Waals surface area contributed by atoms with E-state index < -0.39 is 8.25 Å². The molecule has 0 fully saturated rings. The predicted octanol–water partition coefficient (Wildman–Crippen LogP) is 4.40. The van der Waals surface area contributed by atoms with Crippen LogP contribution in [0.15, 0.2) is 30.3 Å². The van der Waals surface area contributed by atoms with Gasteiger partial charge in [0.05, 0.1) is 28.4 Å². The minimum absolute atomic E-state index is 0. The van der Waals surface area contributed by atoms with Crippen LogP contribution in [0.1, 0.15) is 27.9 Å². The molecule has 2 aromatic rings. The van der Waals surface area contributed by atoms with Crippen LogP contribution >= 0.6 is 8.25 Å². The first kappa shape index (κ1) is 29.3. The number of Topliss-reactive ketones (excluding diaryl/α,β-unsaturated/α-hetero) is 1. The Morgan fingerprint density at radius 2 is 1.52 bits per heavy atom. The van der Waals surface area contributed by atoms with Crippen molar-refractivity contribution in [2.24, 2.45) is 0 Å². The third-order valence-corrected chi connectivity index (χ3v) is 5.45. The summed E-state index contributed by atoms with van der Waals surface area (Å²) in [5.74, 6) is 1.94. The van der Waals surface area contributed by atoms with Gasteiger partial charge in [-0.25, -0.2) is 0 Å². The molecule has 0 heterocycles. The quantitative estimate of drug-likeness (QED) is 0.271. The number of hydrogen-bond donors (Lipinski definition) is 0. The minimum Gasteiger partial charge on any atom is -0.523 e. The van der Waals surface area contributed by atoms with Gasteiger partial charge in [0.25, 0.3) is 0 Å². The van der Waals surface area contributed by atoms with E-state index in [4.69, 9.17) is 18.9 Å². The normalized spacial score (nSPS) is 11.8. The number of fused-ring (bicyclic) bond motifs is 1. The summed E-state index contributed by atoms with van der Waals surface area (Å²) in [4.78, 5) is 13.2. The van der Waals surface area contributed by atoms with Gasteiger partial charge in [-0.05, 0) is 30.5 Å². The predicted molar refractivity (Wildman–Crippen MR) is 122 cm³/mol. The smallest absolute Gasteiger partial charge is 0.318 e. The standard InChI is InChI=1S/C21H21O5.C2H7O3P.Y/c1-23-15-8-9-16-13(10-15)6-5-7-17(16)20(22)14-11-18(24-2)21(26-4)19(12-14)25-3;1-4-6(3)5-2;/h7,9-12H,5-6H2,1-4H3;6H,1-2H3;/q-1;;. The van der Waals surface area contributed by atoms with Crippen molar-refractivity contribution >= 4 is 19.6 Å². The van der Waals surface area contributed by atoms with Crippen LogP contribution in [0.4, 0.5) is 0 Å². The molecular weight excluding hydrogens is 524 g/mol. The van der Waals surface area contributed by atoms with Crippen molar-refractivity contribution in [3.63, 3.8) is 0 Å². The van der Waals surface area contributed by atoms with E-state index in [2.05, 4.69) is 15.1 Å². The van der Waals surface area contributed by atoms with Gasteiger partial charge in [-0.2, -0.15) is 6.07 Å². The third-order valence-electron chi connectivity index (χ3n) is 4.79. The first-order valence-corrected chi connectivity index (χ1v) is 10.9. The van der Waals surface area contributed by atoms with Gasteiger partial charge in [0.2, 0.25) is 5.75 Å². The Kier molecular flexibility index (Phi) is 12.9. The van der Waals surface area contributed by atoms with E-state index in [9.17, 15) is 9.36 Å². The van der Waals surface area contributed by atoms with E-state index in [0.29, 0.717) is 34.1 Å². The maximum absolute atomic E-state index is 13.2. The fourth-order valence-corrected chi connectivity index (χ4v) is 3.40. The number of carbonyl (C=O) groups is 1. The van der Waals surface area contributed by atoms with Gasteiger partial charge in [0.1, 0.15) is 0 Å². The van der Waals surface area contributed by atoms with Gasteiger partial charge < -0.3 is 28.0 Å². The number of allylic oxidation sites excluding steroid dienone is 2. The van der Waals surface area contributed by atoms with Crippen molar-refractivity contribution in [2.45, 2.75) is 12.8 Å². The van der Waals surface area contributed by atoms with E-state index in [-0.39, 0.29) is 38.5 Å². The van der Waals surface area contributed by atoms with Crippen LogP contribution in [0, 0.1) is 6.07 Å². The van der Waals surface area contributed by atoms with Crippen molar-refractivity contribution in [2.75, 3.05) is 42.7 Å². The van der Waals surface area contributed by atoms with Gasteiger partial charge in [0.15, 0.2) is 17.3 Å². The van der Waals surface area contributed by atoms with E-state index in [0.717, 1.165) is 24.0 Å². The van der Waals surface area contributed by atoms with Crippen LogP contribution in [0.25, 0.3) is 5.57 Å². The molecule has 0 saturated carbocycles. The Morgan fingerprint density at radius 1 is 0.909 bits per heavy atom. The SMILES string of the molecule is CO[PH](=O)OC.COc1[c-]cc2c(c1)CCC=C2C(=O)c1cc(OC)c(OC)c(OC)c1.[Y]. The molecule has 0 aliphatic heterocycles. The molecule has 0 unspecified atom stereocenters. The zero-order chi connectivity index (χ0) is 23.7. The van der Waals surface area contributed by atoms with Crippen LogP contribution in [0.3, 0.4) is 0 Å². The monoisotopic (exact) mass is 552 g/mol. The summed E-state index contributed by atoms with van der Waals surface area (Å²) < 4.78 is 39.6. The molecule has 10 heteroatoms. The second-order valence-electron chi connectivity index (χ2n) is 6.50. The summed E-state index contributed by atoms with van der Waals surface area (Å²) >= 11 is 0. The first-order valence-electron chi connectivity index (χ1n) is 9.69. The van der Waals surface area contributed by atoms with Gasteiger partial charge in [-0.1, -0.05) is 6.08 Å².